The van der Waals surface area contributed by atoms with Gasteiger partial charge in [0.2, 0.25) is 0 Å². The SMILES string of the molecule is CCC.CCCN(Cc1cc(C(C)(C)c2cccc(CN(CSCc3cc(C)c(C)cc3CS)c3ccccc3)c2)ccc1C)c1ccccc1. The van der Waals surface area contributed by atoms with Crippen LogP contribution in [0.15, 0.2) is 115 Å². The zero-order valence-corrected chi connectivity index (χ0v) is 34.1. The molecule has 51 heavy (non-hydrogen) atoms. The first-order valence-electron chi connectivity index (χ1n) is 18.7. The lowest BCUT2D eigenvalue weighted by molar-refractivity contribution is 0.636. The molecular weight excluding hydrogens is 657 g/mol. The van der Waals surface area contributed by atoms with Gasteiger partial charge in [-0.2, -0.15) is 12.6 Å². The Balaban J connectivity index is 0.00000188. The summed E-state index contributed by atoms with van der Waals surface area (Å²) in [6.07, 6.45) is 2.37. The number of thioether (sulfide) groups is 1. The molecule has 0 aliphatic rings. The third kappa shape index (κ3) is 11.2. The van der Waals surface area contributed by atoms with Crippen LogP contribution in [0.4, 0.5) is 11.4 Å². The summed E-state index contributed by atoms with van der Waals surface area (Å²) in [5.41, 5.74) is 14.6. The van der Waals surface area contributed by atoms with Crippen molar-refractivity contribution in [1.82, 2.24) is 0 Å². The fraction of sp³-hybridized carbons (Fsp3) is 0.362. The second kappa shape index (κ2) is 19.9. The lowest BCUT2D eigenvalue weighted by Gasteiger charge is -2.30. The predicted octanol–water partition coefficient (Wildman–Crippen LogP) is 13.1. The van der Waals surface area contributed by atoms with Gasteiger partial charge in [0.05, 0.1) is 5.88 Å². The Morgan fingerprint density at radius 1 is 0.588 bits per heavy atom. The summed E-state index contributed by atoms with van der Waals surface area (Å²) in [5, 5.41) is 0. The molecule has 0 amide bonds. The fourth-order valence-electron chi connectivity index (χ4n) is 6.42. The molecule has 0 fully saturated rings. The van der Waals surface area contributed by atoms with Crippen LogP contribution in [0.25, 0.3) is 0 Å². The van der Waals surface area contributed by atoms with Crippen molar-refractivity contribution in [3.63, 3.8) is 0 Å². The normalized spacial score (nSPS) is 11.2. The molecule has 5 rings (SSSR count). The van der Waals surface area contributed by atoms with Gasteiger partial charge in [-0.3, -0.25) is 0 Å². The van der Waals surface area contributed by atoms with Gasteiger partial charge >= 0.3 is 0 Å². The summed E-state index contributed by atoms with van der Waals surface area (Å²) in [7, 11) is 0. The smallest absolute Gasteiger partial charge is 0.0646 e. The monoisotopic (exact) mass is 716 g/mol. The second-order valence-electron chi connectivity index (χ2n) is 14.3. The molecule has 4 heteroatoms. The van der Waals surface area contributed by atoms with Crippen molar-refractivity contribution in [1.29, 1.82) is 0 Å². The first-order chi connectivity index (χ1) is 24.6. The minimum Gasteiger partial charge on any atom is -0.367 e. The number of benzene rings is 5. The quantitative estimate of drug-likeness (QED) is 0.0852. The molecule has 5 aromatic carbocycles. The van der Waals surface area contributed by atoms with Gasteiger partial charge in [-0.25, -0.2) is 0 Å². The maximum absolute atomic E-state index is 4.63. The largest absolute Gasteiger partial charge is 0.367 e. The number of hydrogen-bond acceptors (Lipinski definition) is 4. The fourth-order valence-corrected chi connectivity index (χ4v) is 7.76. The number of rotatable bonds is 15. The second-order valence-corrected chi connectivity index (χ2v) is 15.6. The summed E-state index contributed by atoms with van der Waals surface area (Å²) in [4.78, 5) is 5.02. The zero-order chi connectivity index (χ0) is 36.8. The van der Waals surface area contributed by atoms with E-state index < -0.39 is 0 Å². The van der Waals surface area contributed by atoms with Crippen LogP contribution in [-0.2, 0) is 30.0 Å². The average Bonchev–Trinajstić information content (AvgIpc) is 3.14. The predicted molar refractivity (Wildman–Crippen MR) is 231 cm³/mol. The first kappa shape index (κ1) is 40.2. The van der Waals surface area contributed by atoms with Gasteiger partial charge in [0.1, 0.15) is 0 Å². The Kier molecular flexibility index (Phi) is 15.6. The molecule has 2 nitrogen and oxygen atoms in total. The van der Waals surface area contributed by atoms with Gasteiger partial charge < -0.3 is 9.80 Å². The molecule has 0 bridgehead atoms. The van der Waals surface area contributed by atoms with Crippen LogP contribution in [0.5, 0.6) is 0 Å². The molecular formula is C47H60N2S2. The Hall–Kier alpha value is -3.60. The summed E-state index contributed by atoms with van der Waals surface area (Å²) in [5.74, 6) is 2.66. The van der Waals surface area contributed by atoms with E-state index in [1.54, 1.807) is 0 Å². The van der Waals surface area contributed by atoms with E-state index in [0.29, 0.717) is 0 Å². The highest BCUT2D eigenvalue weighted by atomic mass is 32.2. The van der Waals surface area contributed by atoms with Crippen LogP contribution < -0.4 is 9.80 Å². The Morgan fingerprint density at radius 3 is 1.78 bits per heavy atom. The lowest BCUT2D eigenvalue weighted by atomic mass is 9.77. The van der Waals surface area contributed by atoms with Crippen molar-refractivity contribution >= 4 is 35.8 Å². The molecule has 0 radical (unpaired) electrons. The maximum Gasteiger partial charge on any atom is 0.0646 e. The standard InChI is InChI=1S/C44H52N2S2.C3H8/c1-7-23-45(42-17-10-8-11-18-42)29-37-27-41(22-21-33(37)2)44(5,6)40-16-14-15-36(26-40)28-46(43-19-12-9-13-20-43)32-48-31-39-25-35(4)34(3)24-38(39)30-47;1-3-2/h8-22,24-27,47H,7,23,28-32H2,1-6H3;3H2,1-2H3. The van der Waals surface area contributed by atoms with E-state index in [0.717, 1.165) is 43.4 Å². The van der Waals surface area contributed by atoms with Gasteiger partial charge in [0.15, 0.2) is 0 Å². The average molecular weight is 717 g/mol. The minimum atomic E-state index is -0.139. The number of para-hydroxylation sites is 2. The molecule has 0 N–H and O–H groups in total. The molecule has 0 atom stereocenters. The summed E-state index contributed by atoms with van der Waals surface area (Å²) >= 11 is 6.61. The molecule has 0 spiro atoms. The van der Waals surface area contributed by atoms with Crippen molar-refractivity contribution in [3.05, 3.63) is 165 Å². The molecule has 0 aliphatic carbocycles. The van der Waals surface area contributed by atoms with Crippen LogP contribution in [0.1, 0.15) is 97.5 Å². The zero-order valence-electron chi connectivity index (χ0n) is 32.4. The van der Waals surface area contributed by atoms with Gasteiger partial charge in [-0.05, 0) is 102 Å². The van der Waals surface area contributed by atoms with E-state index in [4.69, 9.17) is 0 Å². The first-order valence-corrected chi connectivity index (χ1v) is 20.5. The van der Waals surface area contributed by atoms with Crippen molar-refractivity contribution in [2.24, 2.45) is 0 Å². The number of anilines is 2. The van der Waals surface area contributed by atoms with Crippen molar-refractivity contribution in [2.75, 3.05) is 22.2 Å². The highest BCUT2D eigenvalue weighted by molar-refractivity contribution is 7.98. The minimum absolute atomic E-state index is 0.139. The molecule has 0 aliphatic heterocycles. The van der Waals surface area contributed by atoms with Crippen LogP contribution >= 0.6 is 24.4 Å². The van der Waals surface area contributed by atoms with E-state index in [2.05, 4.69) is 193 Å². The number of aryl methyl sites for hydroxylation is 3. The Bertz CT molecular complexity index is 1780. The summed E-state index contributed by atoms with van der Waals surface area (Å²) < 4.78 is 0. The number of hydrogen-bond donors (Lipinski definition) is 1. The third-order valence-corrected chi connectivity index (χ3v) is 11.0. The van der Waals surface area contributed by atoms with Crippen LogP contribution in [0.2, 0.25) is 0 Å². The van der Waals surface area contributed by atoms with Crippen LogP contribution in [0, 0.1) is 20.8 Å². The molecule has 0 saturated heterocycles. The van der Waals surface area contributed by atoms with E-state index in [1.165, 1.54) is 67.9 Å². The van der Waals surface area contributed by atoms with Crippen LogP contribution in [-0.4, -0.2) is 12.4 Å². The van der Waals surface area contributed by atoms with Gasteiger partial charge in [-0.15, -0.1) is 11.8 Å². The van der Waals surface area contributed by atoms with E-state index in [1.807, 2.05) is 11.8 Å². The summed E-state index contributed by atoms with van der Waals surface area (Å²) in [6.45, 7) is 20.7. The molecule has 0 heterocycles. The summed E-state index contributed by atoms with van der Waals surface area (Å²) in [6, 6.07) is 42.7. The van der Waals surface area contributed by atoms with E-state index in [-0.39, 0.29) is 5.41 Å². The number of nitrogens with zero attached hydrogens (tertiary/aromatic N) is 2. The third-order valence-electron chi connectivity index (χ3n) is 9.68. The van der Waals surface area contributed by atoms with Crippen molar-refractivity contribution < 1.29 is 0 Å². The molecule has 0 saturated carbocycles. The van der Waals surface area contributed by atoms with Crippen molar-refractivity contribution in [2.45, 2.75) is 98.2 Å². The highest BCUT2D eigenvalue weighted by Gasteiger charge is 2.25. The molecule has 270 valence electrons. The molecule has 0 aromatic heterocycles. The van der Waals surface area contributed by atoms with Crippen molar-refractivity contribution in [3.8, 4) is 0 Å². The molecule has 5 aromatic rings. The van der Waals surface area contributed by atoms with Gasteiger partial charge in [0.25, 0.3) is 0 Å². The van der Waals surface area contributed by atoms with Gasteiger partial charge in [0, 0.05) is 47.9 Å². The van der Waals surface area contributed by atoms with Gasteiger partial charge in [-0.1, -0.05) is 132 Å². The number of thiol groups is 1. The maximum atomic E-state index is 4.63. The highest BCUT2D eigenvalue weighted by Crippen LogP contribution is 2.34. The lowest BCUT2D eigenvalue weighted by Crippen LogP contribution is -2.25. The van der Waals surface area contributed by atoms with E-state index >= 15 is 0 Å². The van der Waals surface area contributed by atoms with E-state index in [9.17, 15) is 0 Å². The Morgan fingerprint density at radius 2 is 1.18 bits per heavy atom. The Labute approximate surface area is 320 Å². The molecule has 0 unspecified atom stereocenters. The topological polar surface area (TPSA) is 6.48 Å². The van der Waals surface area contributed by atoms with Crippen LogP contribution in [0.3, 0.4) is 0 Å².